The van der Waals surface area contributed by atoms with Crippen molar-refractivity contribution in [3.05, 3.63) is 41.3 Å². The summed E-state index contributed by atoms with van der Waals surface area (Å²) in [6.45, 7) is 7.03. The second kappa shape index (κ2) is 10.7. The molecule has 0 aliphatic rings. The van der Waals surface area contributed by atoms with Crippen LogP contribution in [-0.2, 0) is 10.1 Å². The molecule has 0 fully saturated rings. The first-order valence-electron chi connectivity index (χ1n) is 6.50. The fourth-order valence-electron chi connectivity index (χ4n) is 1.28. The molecule has 0 aromatic heterocycles. The van der Waals surface area contributed by atoms with Crippen LogP contribution in [0, 0.1) is 0 Å². The van der Waals surface area contributed by atoms with E-state index in [4.69, 9.17) is 0 Å². The molecule has 0 amide bonds. The summed E-state index contributed by atoms with van der Waals surface area (Å²) in [4.78, 5) is 0. The summed E-state index contributed by atoms with van der Waals surface area (Å²) < 4.78 is 30.5. The Morgan fingerprint density at radius 1 is 1.11 bits per heavy atom. The molecule has 108 valence electrons. The normalized spacial score (nSPS) is 11.1. The molecule has 19 heavy (non-hydrogen) atoms. The Bertz CT molecular complexity index is 437. The van der Waals surface area contributed by atoms with Gasteiger partial charge < -0.3 is 9.87 Å². The smallest absolute Gasteiger partial charge is 0.117 e. The van der Waals surface area contributed by atoms with Gasteiger partial charge in [-0.05, 0) is 24.5 Å². The summed E-state index contributed by atoms with van der Waals surface area (Å²) in [7, 11) is -4.25. The molecule has 1 aromatic carbocycles. The highest BCUT2D eigenvalue weighted by atomic mass is 32.2. The molecule has 1 aromatic rings. The van der Waals surface area contributed by atoms with Crippen LogP contribution in [0.3, 0.4) is 0 Å². The second-order valence-electron chi connectivity index (χ2n) is 4.07. The van der Waals surface area contributed by atoms with E-state index in [2.05, 4.69) is 19.2 Å². The number of nitrogens with two attached hydrogens (primary N) is 1. The zero-order valence-corrected chi connectivity index (χ0v) is 12.4. The highest BCUT2D eigenvalue weighted by Crippen LogP contribution is 2.01. The summed E-state index contributed by atoms with van der Waals surface area (Å²) in [5.41, 5.74) is 0.692. The van der Waals surface area contributed by atoms with Crippen molar-refractivity contribution in [3.8, 4) is 0 Å². The summed E-state index contributed by atoms with van der Waals surface area (Å²) in [6.07, 6.45) is 3.88. The molecule has 0 heterocycles. The SMILES string of the molecule is CCC[NH2+]CCC.O=S(=O)([O-])C=Cc1ccccc1. The first-order valence-corrected chi connectivity index (χ1v) is 7.97. The summed E-state index contributed by atoms with van der Waals surface area (Å²) >= 11 is 0. The monoisotopic (exact) mass is 285 g/mol. The Morgan fingerprint density at radius 3 is 2.05 bits per heavy atom. The van der Waals surface area contributed by atoms with Crippen LogP contribution in [0.25, 0.3) is 6.08 Å². The van der Waals surface area contributed by atoms with E-state index >= 15 is 0 Å². The van der Waals surface area contributed by atoms with Crippen molar-refractivity contribution in [3.63, 3.8) is 0 Å². The summed E-state index contributed by atoms with van der Waals surface area (Å²) in [5.74, 6) is 0. The first kappa shape index (κ1) is 17.8. The van der Waals surface area contributed by atoms with Crippen LogP contribution in [0.5, 0.6) is 0 Å². The topological polar surface area (TPSA) is 73.8 Å². The molecule has 0 unspecified atom stereocenters. The van der Waals surface area contributed by atoms with Crippen molar-refractivity contribution in [1.82, 2.24) is 0 Å². The third-order valence-electron chi connectivity index (χ3n) is 2.21. The van der Waals surface area contributed by atoms with E-state index in [1.54, 1.807) is 24.3 Å². The number of hydrogen-bond donors (Lipinski definition) is 1. The van der Waals surface area contributed by atoms with Gasteiger partial charge in [0.2, 0.25) is 0 Å². The van der Waals surface area contributed by atoms with Gasteiger partial charge in [-0.15, -0.1) is 0 Å². The van der Waals surface area contributed by atoms with Crippen LogP contribution >= 0.6 is 0 Å². The molecule has 0 saturated carbocycles. The van der Waals surface area contributed by atoms with Crippen LogP contribution < -0.4 is 5.32 Å². The maximum Gasteiger partial charge on any atom is 0.117 e. The quantitative estimate of drug-likeness (QED) is 0.637. The van der Waals surface area contributed by atoms with E-state index in [1.165, 1.54) is 32.0 Å². The molecule has 0 aliphatic heterocycles. The van der Waals surface area contributed by atoms with Gasteiger partial charge >= 0.3 is 0 Å². The molecule has 0 saturated heterocycles. The van der Waals surface area contributed by atoms with E-state index in [0.717, 1.165) is 0 Å². The molecule has 0 spiro atoms. The Labute approximate surface area is 116 Å². The Morgan fingerprint density at radius 2 is 1.63 bits per heavy atom. The van der Waals surface area contributed by atoms with Crippen LogP contribution in [0.2, 0.25) is 0 Å². The molecular weight excluding hydrogens is 262 g/mol. The van der Waals surface area contributed by atoms with E-state index in [0.29, 0.717) is 11.0 Å². The van der Waals surface area contributed by atoms with Gasteiger partial charge in [-0.3, -0.25) is 0 Å². The fourth-order valence-corrected chi connectivity index (χ4v) is 1.60. The minimum Gasteiger partial charge on any atom is -0.744 e. The Kier molecular flexibility index (Phi) is 10.1. The van der Waals surface area contributed by atoms with Crippen LogP contribution in [0.1, 0.15) is 32.3 Å². The highest BCUT2D eigenvalue weighted by Gasteiger charge is 1.85. The van der Waals surface area contributed by atoms with E-state index in [9.17, 15) is 13.0 Å². The van der Waals surface area contributed by atoms with Crippen LogP contribution in [-0.4, -0.2) is 26.1 Å². The second-order valence-corrected chi connectivity index (χ2v) is 5.33. The van der Waals surface area contributed by atoms with Crippen molar-refractivity contribution in [2.24, 2.45) is 0 Å². The molecule has 2 N–H and O–H groups in total. The number of rotatable bonds is 6. The highest BCUT2D eigenvalue weighted by molar-refractivity contribution is 7.88. The lowest BCUT2D eigenvalue weighted by Crippen LogP contribution is -2.84. The van der Waals surface area contributed by atoms with Crippen molar-refractivity contribution in [2.45, 2.75) is 26.7 Å². The Hall–Kier alpha value is -1.17. The zero-order chi connectivity index (χ0) is 14.6. The van der Waals surface area contributed by atoms with Crippen molar-refractivity contribution < 1.29 is 18.3 Å². The lowest BCUT2D eigenvalue weighted by Gasteiger charge is -1.97. The van der Waals surface area contributed by atoms with E-state index < -0.39 is 10.1 Å². The predicted octanol–water partition coefficient (Wildman–Crippen LogP) is 1.57. The predicted molar refractivity (Wildman–Crippen MR) is 77.4 cm³/mol. The van der Waals surface area contributed by atoms with Crippen molar-refractivity contribution >= 4 is 16.2 Å². The minimum atomic E-state index is -4.25. The molecule has 5 heteroatoms. The molecular formula is C14H23NO3S. The van der Waals surface area contributed by atoms with E-state index in [1.807, 2.05) is 6.07 Å². The van der Waals surface area contributed by atoms with Gasteiger partial charge in [0.1, 0.15) is 10.1 Å². The van der Waals surface area contributed by atoms with Gasteiger partial charge in [0.25, 0.3) is 0 Å². The standard InChI is InChI=1S/C8H8O3S.C6H15N/c9-12(10,11)7-6-8-4-2-1-3-5-8;1-3-5-7-6-4-2/h1-7H,(H,9,10,11);7H,3-6H2,1-2H3. The average Bonchev–Trinajstić information content (AvgIpc) is 2.38. The van der Waals surface area contributed by atoms with Gasteiger partial charge in [0.05, 0.1) is 13.1 Å². The minimum absolute atomic E-state index is 0.641. The van der Waals surface area contributed by atoms with Crippen LogP contribution in [0.15, 0.2) is 35.7 Å². The zero-order valence-electron chi connectivity index (χ0n) is 11.6. The van der Waals surface area contributed by atoms with E-state index in [-0.39, 0.29) is 0 Å². The third kappa shape index (κ3) is 13.1. The maximum atomic E-state index is 10.2. The molecule has 0 bridgehead atoms. The largest absolute Gasteiger partial charge is 0.744 e. The Balaban J connectivity index is 0.000000399. The lowest BCUT2D eigenvalue weighted by molar-refractivity contribution is -0.654. The molecule has 0 aliphatic carbocycles. The fraction of sp³-hybridized carbons (Fsp3) is 0.429. The van der Waals surface area contributed by atoms with Gasteiger partial charge in [-0.25, -0.2) is 8.42 Å². The van der Waals surface area contributed by atoms with Gasteiger partial charge in [-0.1, -0.05) is 44.2 Å². The number of quaternary nitrogens is 1. The maximum absolute atomic E-state index is 10.2. The van der Waals surface area contributed by atoms with Crippen molar-refractivity contribution in [2.75, 3.05) is 13.1 Å². The molecule has 0 radical (unpaired) electrons. The third-order valence-corrected chi connectivity index (χ3v) is 2.68. The summed E-state index contributed by atoms with van der Waals surface area (Å²) in [5, 5.41) is 3.00. The molecule has 4 nitrogen and oxygen atoms in total. The van der Waals surface area contributed by atoms with Gasteiger partial charge in [-0.2, -0.15) is 0 Å². The lowest BCUT2D eigenvalue weighted by atomic mass is 10.2. The number of benzene rings is 1. The first-order chi connectivity index (χ1) is 8.99. The van der Waals surface area contributed by atoms with Crippen LogP contribution in [0.4, 0.5) is 0 Å². The van der Waals surface area contributed by atoms with Crippen molar-refractivity contribution in [1.29, 1.82) is 0 Å². The summed E-state index contributed by atoms with van der Waals surface area (Å²) in [6, 6.07) is 8.75. The molecule has 0 atom stereocenters. The van der Waals surface area contributed by atoms with Gasteiger partial charge in [0.15, 0.2) is 0 Å². The van der Waals surface area contributed by atoms with Gasteiger partial charge in [0, 0.05) is 5.41 Å². The number of hydrogen-bond acceptors (Lipinski definition) is 3. The molecule has 1 rings (SSSR count). The average molecular weight is 285 g/mol.